The van der Waals surface area contributed by atoms with Crippen molar-refractivity contribution in [2.45, 2.75) is 19.4 Å². The summed E-state index contributed by atoms with van der Waals surface area (Å²) >= 11 is 1.42. The van der Waals surface area contributed by atoms with Crippen LogP contribution in [0.25, 0.3) is 0 Å². The lowest BCUT2D eigenvalue weighted by atomic mass is 10.1. The van der Waals surface area contributed by atoms with Crippen molar-refractivity contribution >= 4 is 23.8 Å². The summed E-state index contributed by atoms with van der Waals surface area (Å²) in [5, 5.41) is 11.7. The number of carboxylic acid groups (broad SMARTS) is 1. The number of aliphatic carboxylic acids is 1. The molecule has 114 valence electrons. The van der Waals surface area contributed by atoms with Gasteiger partial charge in [0.15, 0.2) is 0 Å². The molecule has 0 unspecified atom stereocenters. The average molecular weight is 312 g/mol. The van der Waals surface area contributed by atoms with Crippen LogP contribution in [0.15, 0.2) is 18.2 Å². The number of nitrogens with one attached hydrogen (secondary N) is 1. The summed E-state index contributed by atoms with van der Waals surface area (Å²) < 4.78 is 13.0. The average Bonchev–Trinajstić information content (AvgIpc) is 2.90. The highest BCUT2D eigenvalue weighted by Gasteiger charge is 2.34. The molecule has 1 aliphatic heterocycles. The van der Waals surface area contributed by atoms with E-state index in [9.17, 15) is 14.0 Å². The standard InChI is InChI=1S/C14H17FN2O3S/c1-9-6-11(15)3-2-10(9)4-5-16-14(20)17-8-21-7-12(17)13(18)19/h2-3,6,12H,4-5,7-8H2,1H3,(H,16,20)(H,18,19)/t12-/m0/s1. The van der Waals surface area contributed by atoms with Crippen molar-refractivity contribution in [3.05, 3.63) is 35.1 Å². The van der Waals surface area contributed by atoms with Gasteiger partial charge in [0.1, 0.15) is 11.9 Å². The molecule has 1 heterocycles. The highest BCUT2D eigenvalue weighted by Crippen LogP contribution is 2.20. The topological polar surface area (TPSA) is 69.6 Å². The van der Waals surface area contributed by atoms with E-state index in [0.717, 1.165) is 11.1 Å². The molecule has 1 aliphatic rings. The van der Waals surface area contributed by atoms with Crippen LogP contribution in [0.4, 0.5) is 9.18 Å². The van der Waals surface area contributed by atoms with E-state index in [-0.39, 0.29) is 11.8 Å². The number of nitrogens with zero attached hydrogens (tertiary/aromatic N) is 1. The van der Waals surface area contributed by atoms with E-state index in [1.54, 1.807) is 6.07 Å². The molecule has 0 radical (unpaired) electrons. The molecule has 1 aromatic rings. The molecule has 7 heteroatoms. The Balaban J connectivity index is 1.85. The summed E-state index contributed by atoms with van der Waals surface area (Å²) in [5.41, 5.74) is 1.80. The second kappa shape index (κ2) is 6.80. The molecule has 2 amide bonds. The molecule has 0 saturated carbocycles. The summed E-state index contributed by atoms with van der Waals surface area (Å²) in [5.74, 6) is -0.457. The minimum atomic E-state index is -0.982. The number of thioether (sulfide) groups is 1. The Kier molecular flexibility index (Phi) is 5.06. The molecule has 0 aromatic heterocycles. The summed E-state index contributed by atoms with van der Waals surface area (Å²) in [6, 6.07) is 3.41. The van der Waals surface area contributed by atoms with Gasteiger partial charge in [-0.3, -0.25) is 0 Å². The Morgan fingerprint density at radius 2 is 2.29 bits per heavy atom. The van der Waals surface area contributed by atoms with Crippen molar-refractivity contribution in [3.63, 3.8) is 0 Å². The van der Waals surface area contributed by atoms with Gasteiger partial charge in [0.2, 0.25) is 0 Å². The Morgan fingerprint density at radius 3 is 2.95 bits per heavy atom. The molecule has 2 N–H and O–H groups in total. The van der Waals surface area contributed by atoms with Gasteiger partial charge in [-0.15, -0.1) is 11.8 Å². The van der Waals surface area contributed by atoms with Gasteiger partial charge in [-0.2, -0.15) is 0 Å². The van der Waals surface area contributed by atoms with Crippen molar-refractivity contribution < 1.29 is 19.1 Å². The van der Waals surface area contributed by atoms with E-state index in [0.29, 0.717) is 24.6 Å². The third kappa shape index (κ3) is 3.87. The molecule has 0 aliphatic carbocycles. The van der Waals surface area contributed by atoms with Crippen LogP contribution in [-0.2, 0) is 11.2 Å². The van der Waals surface area contributed by atoms with Crippen molar-refractivity contribution in [1.82, 2.24) is 10.2 Å². The van der Waals surface area contributed by atoms with Gasteiger partial charge in [0.25, 0.3) is 0 Å². The van der Waals surface area contributed by atoms with Crippen LogP contribution in [0, 0.1) is 12.7 Å². The fourth-order valence-corrected chi connectivity index (χ4v) is 3.34. The zero-order valence-corrected chi connectivity index (χ0v) is 12.5. The molecular weight excluding hydrogens is 295 g/mol. The summed E-state index contributed by atoms with van der Waals surface area (Å²) in [7, 11) is 0. The molecule has 1 atom stereocenters. The zero-order chi connectivity index (χ0) is 15.4. The number of benzene rings is 1. The Morgan fingerprint density at radius 1 is 1.52 bits per heavy atom. The molecule has 5 nitrogen and oxygen atoms in total. The normalized spacial score (nSPS) is 17.8. The largest absolute Gasteiger partial charge is 0.480 e. The number of carbonyl (C=O) groups is 2. The highest BCUT2D eigenvalue weighted by molar-refractivity contribution is 7.99. The fraction of sp³-hybridized carbons (Fsp3) is 0.429. The second-order valence-electron chi connectivity index (χ2n) is 4.88. The maximum Gasteiger partial charge on any atom is 0.327 e. The first-order valence-corrected chi connectivity index (χ1v) is 7.74. The van der Waals surface area contributed by atoms with Gasteiger partial charge in [-0.05, 0) is 36.6 Å². The number of rotatable bonds is 4. The van der Waals surface area contributed by atoms with Gasteiger partial charge in [0, 0.05) is 12.3 Å². The van der Waals surface area contributed by atoms with Gasteiger partial charge in [0.05, 0.1) is 5.88 Å². The van der Waals surface area contributed by atoms with E-state index in [2.05, 4.69) is 5.32 Å². The van der Waals surface area contributed by atoms with E-state index in [1.165, 1.54) is 28.8 Å². The summed E-state index contributed by atoms with van der Waals surface area (Å²) in [6.07, 6.45) is 0.580. The third-order valence-electron chi connectivity index (χ3n) is 3.40. The van der Waals surface area contributed by atoms with Crippen molar-refractivity contribution in [1.29, 1.82) is 0 Å². The summed E-state index contributed by atoms with van der Waals surface area (Å²) in [6.45, 7) is 2.20. The van der Waals surface area contributed by atoms with Crippen LogP contribution >= 0.6 is 11.8 Å². The first-order chi connectivity index (χ1) is 9.99. The van der Waals surface area contributed by atoms with Crippen LogP contribution < -0.4 is 5.32 Å². The maximum absolute atomic E-state index is 13.0. The van der Waals surface area contributed by atoms with E-state index in [4.69, 9.17) is 5.11 Å². The molecular formula is C14H17FN2O3S. The number of hydrogen-bond acceptors (Lipinski definition) is 3. The lowest BCUT2D eigenvalue weighted by Gasteiger charge is -2.21. The molecule has 21 heavy (non-hydrogen) atoms. The fourth-order valence-electron chi connectivity index (χ4n) is 2.19. The van der Waals surface area contributed by atoms with Crippen molar-refractivity contribution in [2.24, 2.45) is 0 Å². The summed E-state index contributed by atoms with van der Waals surface area (Å²) in [4.78, 5) is 24.3. The van der Waals surface area contributed by atoms with Crippen LogP contribution in [0.2, 0.25) is 0 Å². The second-order valence-corrected chi connectivity index (χ2v) is 5.88. The van der Waals surface area contributed by atoms with Crippen LogP contribution in [0.5, 0.6) is 0 Å². The van der Waals surface area contributed by atoms with Gasteiger partial charge < -0.3 is 15.3 Å². The molecule has 0 spiro atoms. The number of hydrogen-bond donors (Lipinski definition) is 2. The maximum atomic E-state index is 13.0. The quantitative estimate of drug-likeness (QED) is 0.890. The zero-order valence-electron chi connectivity index (χ0n) is 11.6. The van der Waals surface area contributed by atoms with Crippen molar-refractivity contribution in [2.75, 3.05) is 18.2 Å². The predicted molar refractivity (Wildman–Crippen MR) is 78.8 cm³/mol. The number of urea groups is 1. The highest BCUT2D eigenvalue weighted by atomic mass is 32.2. The number of carbonyl (C=O) groups excluding carboxylic acids is 1. The van der Waals surface area contributed by atoms with Crippen molar-refractivity contribution in [3.8, 4) is 0 Å². The van der Waals surface area contributed by atoms with Crippen LogP contribution in [0.3, 0.4) is 0 Å². The molecule has 1 saturated heterocycles. The smallest absolute Gasteiger partial charge is 0.327 e. The minimum Gasteiger partial charge on any atom is -0.480 e. The minimum absolute atomic E-state index is 0.279. The predicted octanol–water partition coefficient (Wildman–Crippen LogP) is 1.85. The first kappa shape index (κ1) is 15.6. The van der Waals surface area contributed by atoms with Crippen LogP contribution in [-0.4, -0.2) is 46.2 Å². The number of amides is 2. The number of aryl methyl sites for hydroxylation is 1. The molecule has 0 bridgehead atoms. The lowest BCUT2D eigenvalue weighted by Crippen LogP contribution is -2.47. The third-order valence-corrected chi connectivity index (χ3v) is 4.42. The lowest BCUT2D eigenvalue weighted by molar-refractivity contribution is -0.140. The Labute approximate surface area is 126 Å². The van der Waals surface area contributed by atoms with E-state index in [1.807, 2.05) is 6.92 Å². The monoisotopic (exact) mass is 312 g/mol. The first-order valence-electron chi connectivity index (χ1n) is 6.59. The SMILES string of the molecule is Cc1cc(F)ccc1CCNC(=O)N1CSC[C@H]1C(=O)O. The Bertz CT molecular complexity index is 553. The van der Waals surface area contributed by atoms with Gasteiger partial charge in [-0.25, -0.2) is 14.0 Å². The van der Waals surface area contributed by atoms with Gasteiger partial charge in [-0.1, -0.05) is 6.07 Å². The van der Waals surface area contributed by atoms with Crippen LogP contribution in [0.1, 0.15) is 11.1 Å². The Hall–Kier alpha value is -1.76. The van der Waals surface area contributed by atoms with E-state index < -0.39 is 12.0 Å². The molecule has 2 rings (SSSR count). The number of carboxylic acids is 1. The van der Waals surface area contributed by atoms with E-state index >= 15 is 0 Å². The molecule has 1 aromatic carbocycles. The van der Waals surface area contributed by atoms with Gasteiger partial charge >= 0.3 is 12.0 Å². The molecule has 1 fully saturated rings. The number of halogens is 1.